The van der Waals surface area contributed by atoms with Crippen molar-refractivity contribution in [2.24, 2.45) is 0 Å². The lowest BCUT2D eigenvalue weighted by Gasteiger charge is -2.21. The predicted molar refractivity (Wildman–Crippen MR) is 80.6 cm³/mol. The van der Waals surface area contributed by atoms with Gasteiger partial charge in [0.2, 0.25) is 0 Å². The second-order valence-corrected chi connectivity index (χ2v) is 5.28. The molecular formula is C16H17ClFNO. The number of aliphatic hydroxyl groups is 1. The monoisotopic (exact) mass is 293 g/mol. The highest BCUT2D eigenvalue weighted by atomic mass is 35.5. The summed E-state index contributed by atoms with van der Waals surface area (Å²) < 4.78 is 12.9. The quantitative estimate of drug-likeness (QED) is 0.914. The third kappa shape index (κ3) is 3.50. The van der Waals surface area contributed by atoms with Crippen molar-refractivity contribution in [3.05, 3.63) is 64.4 Å². The maximum atomic E-state index is 12.9. The average molecular weight is 294 g/mol. The van der Waals surface area contributed by atoms with E-state index in [1.807, 2.05) is 24.1 Å². The van der Waals surface area contributed by atoms with Gasteiger partial charge in [-0.2, -0.15) is 0 Å². The standard InChI is InChI=1S/C16H17ClFNO/c1-11(20)13-5-8-16(15(17)9-13)19(2)10-12-3-6-14(18)7-4-12/h3-9,11,20H,10H2,1-2H3. The van der Waals surface area contributed by atoms with Crippen molar-refractivity contribution in [2.45, 2.75) is 19.6 Å². The Hall–Kier alpha value is -1.58. The summed E-state index contributed by atoms with van der Waals surface area (Å²) in [6.07, 6.45) is -0.538. The van der Waals surface area contributed by atoms with Crippen molar-refractivity contribution in [2.75, 3.05) is 11.9 Å². The summed E-state index contributed by atoms with van der Waals surface area (Å²) in [6.45, 7) is 2.33. The zero-order valence-electron chi connectivity index (χ0n) is 11.5. The number of aliphatic hydroxyl groups excluding tert-OH is 1. The van der Waals surface area contributed by atoms with Gasteiger partial charge in [-0.1, -0.05) is 29.8 Å². The Morgan fingerprint density at radius 2 is 1.85 bits per heavy atom. The minimum absolute atomic E-state index is 0.240. The second kappa shape index (κ2) is 6.25. The first kappa shape index (κ1) is 14.8. The summed E-state index contributed by atoms with van der Waals surface area (Å²) >= 11 is 6.25. The number of halogens is 2. The Bertz CT molecular complexity index is 584. The van der Waals surface area contributed by atoms with Gasteiger partial charge in [0.05, 0.1) is 16.8 Å². The van der Waals surface area contributed by atoms with Crippen LogP contribution in [0, 0.1) is 5.82 Å². The first-order chi connectivity index (χ1) is 9.47. The smallest absolute Gasteiger partial charge is 0.123 e. The van der Waals surface area contributed by atoms with Crippen molar-refractivity contribution in [3.8, 4) is 0 Å². The molecule has 0 amide bonds. The van der Waals surface area contributed by atoms with Crippen LogP contribution in [0.5, 0.6) is 0 Å². The van der Waals surface area contributed by atoms with Crippen molar-refractivity contribution in [3.63, 3.8) is 0 Å². The van der Waals surface area contributed by atoms with Crippen LogP contribution in [-0.2, 0) is 6.54 Å². The number of hydrogen-bond acceptors (Lipinski definition) is 2. The van der Waals surface area contributed by atoms with E-state index in [0.717, 1.165) is 16.8 Å². The molecule has 0 aliphatic rings. The Morgan fingerprint density at radius 1 is 1.20 bits per heavy atom. The van der Waals surface area contributed by atoms with Crippen molar-refractivity contribution < 1.29 is 9.50 Å². The highest BCUT2D eigenvalue weighted by Crippen LogP contribution is 2.29. The van der Waals surface area contributed by atoms with Gasteiger partial charge in [0.25, 0.3) is 0 Å². The number of hydrogen-bond donors (Lipinski definition) is 1. The van der Waals surface area contributed by atoms with Crippen molar-refractivity contribution >= 4 is 17.3 Å². The van der Waals surface area contributed by atoms with Crippen LogP contribution < -0.4 is 4.90 Å². The molecule has 2 rings (SSSR count). The normalized spacial score (nSPS) is 12.2. The highest BCUT2D eigenvalue weighted by molar-refractivity contribution is 6.33. The summed E-state index contributed by atoms with van der Waals surface area (Å²) in [7, 11) is 1.92. The molecule has 0 heterocycles. The summed E-state index contributed by atoms with van der Waals surface area (Å²) in [4.78, 5) is 1.99. The molecule has 0 aliphatic carbocycles. The molecular weight excluding hydrogens is 277 g/mol. The van der Waals surface area contributed by atoms with E-state index >= 15 is 0 Å². The third-order valence-electron chi connectivity index (χ3n) is 3.20. The van der Waals surface area contributed by atoms with Crippen LogP contribution in [0.2, 0.25) is 5.02 Å². The van der Waals surface area contributed by atoms with Crippen molar-refractivity contribution in [1.82, 2.24) is 0 Å². The molecule has 2 aromatic carbocycles. The minimum Gasteiger partial charge on any atom is -0.389 e. The second-order valence-electron chi connectivity index (χ2n) is 4.87. The predicted octanol–water partition coefficient (Wildman–Crippen LogP) is 4.17. The first-order valence-electron chi connectivity index (χ1n) is 6.40. The number of rotatable bonds is 4. The fourth-order valence-electron chi connectivity index (χ4n) is 2.04. The summed E-state index contributed by atoms with van der Waals surface area (Å²) in [5.74, 6) is -0.240. The third-order valence-corrected chi connectivity index (χ3v) is 3.50. The van der Waals surface area contributed by atoms with Crippen molar-refractivity contribution in [1.29, 1.82) is 0 Å². The zero-order valence-corrected chi connectivity index (χ0v) is 12.2. The number of nitrogens with zero attached hydrogens (tertiary/aromatic N) is 1. The molecule has 0 saturated carbocycles. The van der Waals surface area contributed by atoms with Crippen LogP contribution in [0.1, 0.15) is 24.2 Å². The zero-order chi connectivity index (χ0) is 14.7. The van der Waals surface area contributed by atoms with E-state index in [1.165, 1.54) is 12.1 Å². The van der Waals surface area contributed by atoms with Crippen LogP contribution >= 0.6 is 11.6 Å². The van der Waals surface area contributed by atoms with E-state index in [4.69, 9.17) is 11.6 Å². The largest absolute Gasteiger partial charge is 0.389 e. The fraction of sp³-hybridized carbons (Fsp3) is 0.250. The summed E-state index contributed by atoms with van der Waals surface area (Å²) in [5.41, 5.74) is 2.67. The molecule has 0 bridgehead atoms. The maximum absolute atomic E-state index is 12.9. The van der Waals surface area contributed by atoms with Gasteiger partial charge < -0.3 is 10.0 Å². The van der Waals surface area contributed by atoms with E-state index in [2.05, 4.69) is 0 Å². The van der Waals surface area contributed by atoms with E-state index in [9.17, 15) is 9.50 Å². The van der Waals surface area contributed by atoms with E-state index < -0.39 is 6.10 Å². The summed E-state index contributed by atoms with van der Waals surface area (Å²) in [5, 5.41) is 10.1. The lowest BCUT2D eigenvalue weighted by atomic mass is 10.1. The molecule has 1 unspecified atom stereocenters. The average Bonchev–Trinajstić information content (AvgIpc) is 2.41. The topological polar surface area (TPSA) is 23.5 Å². The molecule has 4 heteroatoms. The molecule has 2 nitrogen and oxygen atoms in total. The van der Waals surface area contributed by atoms with E-state index in [1.54, 1.807) is 25.1 Å². The molecule has 0 fully saturated rings. The minimum atomic E-state index is -0.538. The lowest BCUT2D eigenvalue weighted by Crippen LogP contribution is -2.16. The van der Waals surface area contributed by atoms with Gasteiger partial charge in [0.1, 0.15) is 5.82 Å². The van der Waals surface area contributed by atoms with Crippen LogP contribution in [0.25, 0.3) is 0 Å². The van der Waals surface area contributed by atoms with Gasteiger partial charge in [0, 0.05) is 13.6 Å². The molecule has 1 N–H and O–H groups in total. The van der Waals surface area contributed by atoms with Gasteiger partial charge >= 0.3 is 0 Å². The first-order valence-corrected chi connectivity index (χ1v) is 6.78. The van der Waals surface area contributed by atoms with Crippen LogP contribution in [0.3, 0.4) is 0 Å². The van der Waals surface area contributed by atoms with Crippen LogP contribution in [0.15, 0.2) is 42.5 Å². The fourth-order valence-corrected chi connectivity index (χ4v) is 2.37. The molecule has 1 atom stereocenters. The van der Waals surface area contributed by atoms with Gasteiger partial charge in [0.15, 0.2) is 0 Å². The molecule has 0 aromatic heterocycles. The molecule has 20 heavy (non-hydrogen) atoms. The molecule has 2 aromatic rings. The molecule has 0 spiro atoms. The molecule has 106 valence electrons. The van der Waals surface area contributed by atoms with Gasteiger partial charge in [-0.05, 0) is 42.3 Å². The van der Waals surface area contributed by atoms with E-state index in [0.29, 0.717) is 11.6 Å². The van der Waals surface area contributed by atoms with Gasteiger partial charge in [-0.3, -0.25) is 0 Å². The Labute approximate surface area is 123 Å². The Balaban J connectivity index is 2.16. The lowest BCUT2D eigenvalue weighted by molar-refractivity contribution is 0.199. The van der Waals surface area contributed by atoms with Crippen LogP contribution in [0.4, 0.5) is 10.1 Å². The SMILES string of the molecule is CC(O)c1ccc(N(C)Cc2ccc(F)cc2)c(Cl)c1. The van der Waals surface area contributed by atoms with Gasteiger partial charge in [-0.15, -0.1) is 0 Å². The number of benzene rings is 2. The summed E-state index contributed by atoms with van der Waals surface area (Å²) in [6, 6.07) is 11.9. The molecule has 0 aliphatic heterocycles. The van der Waals surface area contributed by atoms with Crippen LogP contribution in [-0.4, -0.2) is 12.2 Å². The molecule has 0 saturated heterocycles. The molecule has 0 radical (unpaired) electrons. The van der Waals surface area contributed by atoms with Gasteiger partial charge in [-0.25, -0.2) is 4.39 Å². The Morgan fingerprint density at radius 3 is 2.40 bits per heavy atom. The van der Waals surface area contributed by atoms with E-state index in [-0.39, 0.29) is 5.82 Å². The Kier molecular flexibility index (Phi) is 4.63. The highest BCUT2D eigenvalue weighted by Gasteiger charge is 2.09. The number of anilines is 1. The maximum Gasteiger partial charge on any atom is 0.123 e.